The van der Waals surface area contributed by atoms with Crippen LogP contribution >= 0.6 is 0 Å². The van der Waals surface area contributed by atoms with Crippen LogP contribution in [-0.4, -0.2) is 17.0 Å². The molecule has 8 nitrogen and oxygen atoms in total. The summed E-state index contributed by atoms with van der Waals surface area (Å²) in [5.41, 5.74) is 0.995. The number of nitrogens with zero attached hydrogens (tertiary/aromatic N) is 2. The topological polar surface area (TPSA) is 108 Å². The van der Waals surface area contributed by atoms with Crippen LogP contribution in [-0.2, 0) is 6.42 Å². The number of nitro groups is 2. The van der Waals surface area contributed by atoms with Crippen LogP contribution in [0.25, 0.3) is 0 Å². The molecule has 1 N–H and O–H groups in total. The minimum absolute atomic E-state index is 0.0553. The fourth-order valence-electron chi connectivity index (χ4n) is 2.91. The molecule has 142 valence electrons. The van der Waals surface area contributed by atoms with E-state index in [0.717, 1.165) is 5.56 Å². The van der Waals surface area contributed by atoms with E-state index in [1.54, 1.807) is 55.6 Å². The Bertz CT molecular complexity index is 1000. The van der Waals surface area contributed by atoms with E-state index in [2.05, 4.69) is 5.32 Å². The van der Waals surface area contributed by atoms with Gasteiger partial charge in [-0.2, -0.15) is 0 Å². The van der Waals surface area contributed by atoms with Gasteiger partial charge >= 0.3 is 5.69 Å². The molecule has 0 aromatic heterocycles. The Hall–Kier alpha value is -3.94. The highest BCUT2D eigenvalue weighted by atomic mass is 16.6. The quantitative estimate of drug-likeness (QED) is 0.464. The molecule has 0 amide bonds. The minimum atomic E-state index is -0.595. The highest BCUT2D eigenvalue weighted by Gasteiger charge is 2.29. The Morgan fingerprint density at radius 2 is 1.57 bits per heavy atom. The normalized spacial score (nSPS) is 10.3. The number of methoxy groups -OCH3 is 1. The number of nitrogens with one attached hydrogen (secondary N) is 1. The van der Waals surface area contributed by atoms with E-state index in [1.807, 2.05) is 6.07 Å². The minimum Gasteiger partial charge on any atom is -0.497 e. The predicted molar refractivity (Wildman–Crippen MR) is 105 cm³/mol. The van der Waals surface area contributed by atoms with Crippen molar-refractivity contribution >= 4 is 22.7 Å². The number of anilines is 2. The molecule has 0 bridgehead atoms. The SMILES string of the molecule is COc1ccc(Nc2ccc([N+](=O)[O-])c(Cc3ccccc3)c2[N+](=O)[O-])cc1. The molecule has 3 aromatic rings. The average Bonchev–Trinajstić information content (AvgIpc) is 2.69. The highest BCUT2D eigenvalue weighted by Crippen LogP contribution is 2.38. The smallest absolute Gasteiger partial charge is 0.303 e. The molecule has 0 aliphatic rings. The third kappa shape index (κ3) is 4.07. The molecule has 0 aliphatic heterocycles. The molecule has 0 spiro atoms. The van der Waals surface area contributed by atoms with Gasteiger partial charge in [0.05, 0.1) is 17.0 Å². The van der Waals surface area contributed by atoms with Crippen LogP contribution in [0.2, 0.25) is 0 Å². The molecule has 0 atom stereocenters. The Labute approximate surface area is 160 Å². The Morgan fingerprint density at radius 3 is 2.14 bits per heavy atom. The first kappa shape index (κ1) is 18.8. The van der Waals surface area contributed by atoms with Gasteiger partial charge in [-0.3, -0.25) is 20.2 Å². The van der Waals surface area contributed by atoms with E-state index in [4.69, 9.17) is 4.74 Å². The summed E-state index contributed by atoms with van der Waals surface area (Å²) in [5.74, 6) is 0.647. The van der Waals surface area contributed by atoms with Crippen LogP contribution in [0.1, 0.15) is 11.1 Å². The van der Waals surface area contributed by atoms with Crippen LogP contribution in [0.5, 0.6) is 5.75 Å². The van der Waals surface area contributed by atoms with Gasteiger partial charge in [0.2, 0.25) is 0 Å². The maximum atomic E-state index is 11.8. The summed E-state index contributed by atoms with van der Waals surface area (Å²) < 4.78 is 5.10. The summed E-state index contributed by atoms with van der Waals surface area (Å²) in [6.45, 7) is 0. The summed E-state index contributed by atoms with van der Waals surface area (Å²) >= 11 is 0. The lowest BCUT2D eigenvalue weighted by Gasteiger charge is -2.11. The first-order valence-electron chi connectivity index (χ1n) is 8.39. The maximum Gasteiger partial charge on any atom is 0.303 e. The fraction of sp³-hybridized carbons (Fsp3) is 0.100. The van der Waals surface area contributed by atoms with Crippen LogP contribution in [0.15, 0.2) is 66.7 Å². The van der Waals surface area contributed by atoms with Gasteiger partial charge in [0.25, 0.3) is 5.69 Å². The summed E-state index contributed by atoms with van der Waals surface area (Å²) in [6, 6.07) is 18.4. The van der Waals surface area contributed by atoms with Crippen molar-refractivity contribution in [3.63, 3.8) is 0 Å². The van der Waals surface area contributed by atoms with Crippen LogP contribution in [0, 0.1) is 20.2 Å². The summed E-state index contributed by atoms with van der Waals surface area (Å²) in [7, 11) is 1.54. The van der Waals surface area contributed by atoms with Gasteiger partial charge in [0, 0.05) is 18.2 Å². The summed E-state index contributed by atoms with van der Waals surface area (Å²) in [4.78, 5) is 22.1. The van der Waals surface area contributed by atoms with Crippen molar-refractivity contribution < 1.29 is 14.6 Å². The van der Waals surface area contributed by atoms with Gasteiger partial charge in [0.1, 0.15) is 17.0 Å². The molecule has 3 rings (SSSR count). The monoisotopic (exact) mass is 379 g/mol. The van der Waals surface area contributed by atoms with Crippen LogP contribution in [0.4, 0.5) is 22.7 Å². The van der Waals surface area contributed by atoms with Crippen molar-refractivity contribution in [1.29, 1.82) is 0 Å². The van der Waals surface area contributed by atoms with Crippen molar-refractivity contribution in [2.45, 2.75) is 6.42 Å². The van der Waals surface area contributed by atoms with Crippen molar-refractivity contribution in [2.75, 3.05) is 12.4 Å². The number of benzene rings is 3. The molecule has 0 aliphatic carbocycles. The molecule has 0 saturated heterocycles. The average molecular weight is 379 g/mol. The second-order valence-electron chi connectivity index (χ2n) is 5.99. The fourth-order valence-corrected chi connectivity index (χ4v) is 2.91. The van der Waals surface area contributed by atoms with Gasteiger partial charge in [-0.1, -0.05) is 30.3 Å². The molecule has 0 fully saturated rings. The van der Waals surface area contributed by atoms with Crippen molar-refractivity contribution in [1.82, 2.24) is 0 Å². The lowest BCUT2D eigenvalue weighted by molar-refractivity contribution is -0.394. The second-order valence-corrected chi connectivity index (χ2v) is 5.99. The van der Waals surface area contributed by atoms with E-state index in [0.29, 0.717) is 11.4 Å². The summed E-state index contributed by atoms with van der Waals surface area (Å²) in [6.07, 6.45) is 0.0750. The number of ether oxygens (including phenoxy) is 1. The molecule has 0 saturated carbocycles. The maximum absolute atomic E-state index is 11.8. The number of hydrogen-bond acceptors (Lipinski definition) is 6. The Balaban J connectivity index is 2.08. The van der Waals surface area contributed by atoms with Gasteiger partial charge in [-0.25, -0.2) is 0 Å². The highest BCUT2D eigenvalue weighted by molar-refractivity contribution is 5.76. The molecule has 28 heavy (non-hydrogen) atoms. The number of nitro benzene ring substituents is 2. The van der Waals surface area contributed by atoms with Gasteiger partial charge in [0.15, 0.2) is 0 Å². The third-order valence-electron chi connectivity index (χ3n) is 4.23. The predicted octanol–water partition coefficient (Wildman–Crippen LogP) is 4.85. The Kier molecular flexibility index (Phi) is 5.50. The molecule has 0 heterocycles. The number of hydrogen-bond donors (Lipinski definition) is 1. The standard InChI is InChI=1S/C20H17N3O5/c1-28-16-9-7-15(8-10-16)21-18-11-12-19(22(24)25)17(20(18)23(26)27)13-14-5-3-2-4-6-14/h2-12,21H,13H2,1H3. The van der Waals surface area contributed by atoms with Crippen LogP contribution < -0.4 is 10.1 Å². The zero-order valence-electron chi connectivity index (χ0n) is 15.0. The van der Waals surface area contributed by atoms with E-state index >= 15 is 0 Å². The largest absolute Gasteiger partial charge is 0.497 e. The number of rotatable bonds is 7. The van der Waals surface area contributed by atoms with Crippen molar-refractivity contribution in [3.8, 4) is 5.75 Å². The summed E-state index contributed by atoms with van der Waals surface area (Å²) in [5, 5.41) is 26.3. The Morgan fingerprint density at radius 1 is 0.893 bits per heavy atom. The molecule has 0 unspecified atom stereocenters. The van der Waals surface area contributed by atoms with Gasteiger partial charge < -0.3 is 10.1 Å². The second kappa shape index (κ2) is 8.17. The third-order valence-corrected chi connectivity index (χ3v) is 4.23. The molecule has 3 aromatic carbocycles. The van der Waals surface area contributed by atoms with Gasteiger partial charge in [-0.05, 0) is 35.9 Å². The first-order valence-corrected chi connectivity index (χ1v) is 8.39. The molecule has 8 heteroatoms. The lowest BCUT2D eigenvalue weighted by atomic mass is 10.00. The van der Waals surface area contributed by atoms with E-state index in [1.165, 1.54) is 12.1 Å². The van der Waals surface area contributed by atoms with E-state index in [9.17, 15) is 20.2 Å². The zero-order chi connectivity index (χ0) is 20.1. The van der Waals surface area contributed by atoms with E-state index in [-0.39, 0.29) is 29.0 Å². The molecular formula is C20H17N3O5. The van der Waals surface area contributed by atoms with E-state index < -0.39 is 9.85 Å². The van der Waals surface area contributed by atoms with Gasteiger partial charge in [-0.15, -0.1) is 0 Å². The van der Waals surface area contributed by atoms with Crippen molar-refractivity contribution in [3.05, 3.63) is 98.1 Å². The lowest BCUT2D eigenvalue weighted by Crippen LogP contribution is -2.05. The molecular weight excluding hydrogens is 362 g/mol. The van der Waals surface area contributed by atoms with Crippen LogP contribution in [0.3, 0.4) is 0 Å². The first-order chi connectivity index (χ1) is 13.5. The zero-order valence-corrected chi connectivity index (χ0v) is 15.0. The molecule has 0 radical (unpaired) electrons. The van der Waals surface area contributed by atoms with Crippen molar-refractivity contribution in [2.24, 2.45) is 0 Å².